The van der Waals surface area contributed by atoms with Gasteiger partial charge in [0.1, 0.15) is 0 Å². The second-order valence-corrected chi connectivity index (χ2v) is 3.99. The lowest BCUT2D eigenvalue weighted by Gasteiger charge is -2.22. The highest BCUT2D eigenvalue weighted by Crippen LogP contribution is 1.88. The molecular weight excluding hydrogens is 222 g/mol. The van der Waals surface area contributed by atoms with Gasteiger partial charge < -0.3 is 14.7 Å². The van der Waals surface area contributed by atoms with Crippen LogP contribution in [0.1, 0.15) is 20.8 Å². The smallest absolute Gasteiger partial charge is 0.220 e. The molecule has 0 unspecified atom stereocenters. The van der Waals surface area contributed by atoms with Crippen LogP contribution in [0.5, 0.6) is 0 Å². The predicted molar refractivity (Wildman–Crippen MR) is 66.1 cm³/mol. The Morgan fingerprint density at radius 3 is 1.06 bits per heavy atom. The molecule has 0 bridgehead atoms. The third-order valence-corrected chi connectivity index (χ3v) is 2.13. The molecule has 6 nitrogen and oxygen atoms in total. The number of hydrogen-bond donors (Lipinski definition) is 0. The van der Waals surface area contributed by atoms with Crippen LogP contribution in [-0.4, -0.2) is 67.3 Å². The Morgan fingerprint density at radius 2 is 0.941 bits per heavy atom. The molecule has 0 radical (unpaired) electrons. The quantitative estimate of drug-likeness (QED) is 0.643. The van der Waals surface area contributed by atoms with Crippen LogP contribution in [0.15, 0.2) is 0 Å². The summed E-state index contributed by atoms with van der Waals surface area (Å²) in [4.78, 5) is 35.9. The normalized spacial score (nSPS) is 8.65. The van der Waals surface area contributed by atoms with Gasteiger partial charge in [0.15, 0.2) is 0 Å². The minimum atomic E-state index is -0.0434. The van der Waals surface area contributed by atoms with E-state index in [1.807, 2.05) is 0 Å². The van der Waals surface area contributed by atoms with Crippen LogP contribution in [0.25, 0.3) is 0 Å². The molecule has 6 heteroatoms. The third kappa shape index (κ3) is 10.7. The summed E-state index contributed by atoms with van der Waals surface area (Å²) in [5.41, 5.74) is 0. The van der Waals surface area contributed by atoms with Gasteiger partial charge in [-0.3, -0.25) is 14.4 Å². The molecule has 0 aliphatic heterocycles. The van der Waals surface area contributed by atoms with Crippen molar-refractivity contribution in [3.8, 4) is 0 Å². The molecule has 0 heterocycles. The number of hydrogen-bond acceptors (Lipinski definition) is 3. The lowest BCUT2D eigenvalue weighted by Crippen LogP contribution is -2.38. The second-order valence-electron chi connectivity index (χ2n) is 3.99. The van der Waals surface area contributed by atoms with E-state index in [0.29, 0.717) is 6.67 Å². The predicted octanol–water partition coefficient (Wildman–Crippen LogP) is -0.00500. The fraction of sp³-hybridized carbons (Fsp3) is 0.727. The van der Waals surface area contributed by atoms with Gasteiger partial charge in [0, 0.05) is 49.0 Å². The van der Waals surface area contributed by atoms with Crippen LogP contribution < -0.4 is 0 Å². The van der Waals surface area contributed by atoms with Crippen LogP contribution in [0.3, 0.4) is 0 Å². The van der Waals surface area contributed by atoms with Crippen molar-refractivity contribution in [1.29, 1.82) is 0 Å². The Hall–Kier alpha value is -1.59. The maximum Gasteiger partial charge on any atom is 0.220 e. The molecule has 0 N–H and O–H groups in total. The zero-order valence-corrected chi connectivity index (χ0v) is 11.8. The van der Waals surface area contributed by atoms with Crippen molar-refractivity contribution in [3.63, 3.8) is 0 Å². The van der Waals surface area contributed by atoms with Crippen molar-refractivity contribution in [3.05, 3.63) is 0 Å². The Bertz CT molecular complexity index is 259. The molecule has 0 rings (SSSR count). The Labute approximate surface area is 103 Å². The van der Waals surface area contributed by atoms with E-state index in [1.165, 1.54) is 35.5 Å². The molecule has 0 spiro atoms. The summed E-state index contributed by atoms with van der Waals surface area (Å²) >= 11 is 0. The average Bonchev–Trinajstić information content (AvgIpc) is 2.17. The van der Waals surface area contributed by atoms with Crippen molar-refractivity contribution in [2.45, 2.75) is 20.8 Å². The van der Waals surface area contributed by atoms with E-state index in [-0.39, 0.29) is 17.7 Å². The fourth-order valence-corrected chi connectivity index (χ4v) is 0.517. The first-order chi connectivity index (χ1) is 7.59. The van der Waals surface area contributed by atoms with E-state index in [2.05, 4.69) is 0 Å². The van der Waals surface area contributed by atoms with Crippen molar-refractivity contribution in [1.82, 2.24) is 14.7 Å². The van der Waals surface area contributed by atoms with Gasteiger partial charge in [0.2, 0.25) is 17.7 Å². The SMILES string of the molecule is CC(=O)N(C)C.CC(=O)N(C)CN(C)C(C)=O. The van der Waals surface area contributed by atoms with Crippen LogP contribution in [-0.2, 0) is 14.4 Å². The van der Waals surface area contributed by atoms with E-state index in [4.69, 9.17) is 0 Å². The van der Waals surface area contributed by atoms with Crippen molar-refractivity contribution in [2.24, 2.45) is 0 Å². The highest BCUT2D eigenvalue weighted by Gasteiger charge is 2.07. The number of nitrogens with zero attached hydrogens (tertiary/aromatic N) is 3. The molecule has 0 aromatic carbocycles. The van der Waals surface area contributed by atoms with Gasteiger partial charge >= 0.3 is 0 Å². The summed E-state index contributed by atoms with van der Waals surface area (Å²) in [5, 5.41) is 0. The van der Waals surface area contributed by atoms with Crippen LogP contribution >= 0.6 is 0 Å². The minimum absolute atomic E-state index is 0.0434. The average molecular weight is 245 g/mol. The number of carbonyl (C=O) groups excluding carboxylic acids is 3. The molecule has 0 aromatic rings. The molecule has 0 aromatic heterocycles. The zero-order chi connectivity index (χ0) is 14.2. The molecule has 0 saturated carbocycles. The van der Waals surface area contributed by atoms with Gasteiger partial charge in [0.05, 0.1) is 6.67 Å². The zero-order valence-electron chi connectivity index (χ0n) is 11.8. The van der Waals surface area contributed by atoms with Gasteiger partial charge in [-0.05, 0) is 0 Å². The van der Waals surface area contributed by atoms with Crippen molar-refractivity contribution < 1.29 is 14.4 Å². The van der Waals surface area contributed by atoms with Crippen molar-refractivity contribution in [2.75, 3.05) is 34.9 Å². The van der Waals surface area contributed by atoms with E-state index < -0.39 is 0 Å². The maximum atomic E-state index is 10.7. The van der Waals surface area contributed by atoms with E-state index in [9.17, 15) is 14.4 Å². The summed E-state index contributed by atoms with van der Waals surface area (Å²) in [6.45, 7) is 4.81. The highest BCUT2D eigenvalue weighted by atomic mass is 16.2. The molecule has 0 fully saturated rings. The Kier molecular flexibility index (Phi) is 8.95. The molecule has 0 aliphatic rings. The summed E-state index contributed by atoms with van der Waals surface area (Å²) in [6.07, 6.45) is 0. The van der Waals surface area contributed by atoms with Crippen LogP contribution in [0, 0.1) is 0 Å². The number of amides is 3. The number of rotatable bonds is 2. The molecule has 0 saturated heterocycles. The van der Waals surface area contributed by atoms with Gasteiger partial charge in [-0.15, -0.1) is 0 Å². The summed E-state index contributed by atoms with van der Waals surface area (Å²) < 4.78 is 0. The third-order valence-electron chi connectivity index (χ3n) is 2.13. The Morgan fingerprint density at radius 1 is 0.706 bits per heavy atom. The monoisotopic (exact) mass is 245 g/mol. The van der Waals surface area contributed by atoms with Crippen LogP contribution in [0.2, 0.25) is 0 Å². The molecule has 0 atom stereocenters. The first-order valence-electron chi connectivity index (χ1n) is 5.20. The first kappa shape index (κ1) is 17.8. The standard InChI is InChI=1S/C7H14N2O2.C4H9NO/c1-6(10)8(3)5-9(4)7(2)11;1-4(6)5(2)3/h5H2,1-4H3;1-3H3. The minimum Gasteiger partial charge on any atom is -0.349 e. The lowest BCUT2D eigenvalue weighted by molar-refractivity contribution is -0.134. The lowest BCUT2D eigenvalue weighted by atomic mass is 10.5. The summed E-state index contributed by atoms with van der Waals surface area (Å²) in [7, 11) is 6.76. The van der Waals surface area contributed by atoms with Gasteiger partial charge in [-0.25, -0.2) is 0 Å². The second kappa shape index (κ2) is 8.55. The highest BCUT2D eigenvalue weighted by molar-refractivity contribution is 5.75. The fourth-order valence-electron chi connectivity index (χ4n) is 0.517. The topological polar surface area (TPSA) is 60.9 Å². The van der Waals surface area contributed by atoms with Crippen molar-refractivity contribution >= 4 is 17.7 Å². The summed E-state index contributed by atoms with van der Waals surface area (Å²) in [6, 6.07) is 0. The molecular formula is C11H23N3O3. The van der Waals surface area contributed by atoms with Gasteiger partial charge in [-0.1, -0.05) is 0 Å². The Balaban J connectivity index is 0. The first-order valence-corrected chi connectivity index (χ1v) is 5.20. The maximum absolute atomic E-state index is 10.7. The van der Waals surface area contributed by atoms with E-state index in [1.54, 1.807) is 28.2 Å². The van der Waals surface area contributed by atoms with Gasteiger partial charge in [0.25, 0.3) is 0 Å². The number of carbonyl (C=O) groups is 3. The summed E-state index contributed by atoms with van der Waals surface area (Å²) in [5.74, 6) is 0.00574. The van der Waals surface area contributed by atoms with E-state index in [0.717, 1.165) is 0 Å². The molecule has 17 heavy (non-hydrogen) atoms. The van der Waals surface area contributed by atoms with Crippen LogP contribution in [0.4, 0.5) is 0 Å². The largest absolute Gasteiger partial charge is 0.349 e. The van der Waals surface area contributed by atoms with E-state index >= 15 is 0 Å². The van der Waals surface area contributed by atoms with Gasteiger partial charge in [-0.2, -0.15) is 0 Å². The molecule has 3 amide bonds. The molecule has 0 aliphatic carbocycles. The molecule has 100 valence electrons.